The molecule has 27 heavy (non-hydrogen) atoms. The maximum absolute atomic E-state index is 13.0. The van der Waals surface area contributed by atoms with Crippen LogP contribution in [-0.4, -0.2) is 36.6 Å². The van der Waals surface area contributed by atoms with Gasteiger partial charge in [-0.15, -0.1) is 0 Å². The summed E-state index contributed by atoms with van der Waals surface area (Å²) in [6.45, 7) is 9.68. The first-order valence-corrected chi connectivity index (χ1v) is 9.37. The second-order valence-electron chi connectivity index (χ2n) is 6.99. The van der Waals surface area contributed by atoms with Crippen LogP contribution in [-0.2, 0) is 19.1 Å². The Kier molecular flexibility index (Phi) is 6.83. The van der Waals surface area contributed by atoms with Gasteiger partial charge in [0.15, 0.2) is 0 Å². The molecule has 0 radical (unpaired) electrons. The summed E-state index contributed by atoms with van der Waals surface area (Å²) in [5, 5.41) is 0. The van der Waals surface area contributed by atoms with Crippen molar-refractivity contribution < 1.29 is 19.1 Å². The second kappa shape index (κ2) is 8.89. The molecular weight excluding hydrogens is 342 g/mol. The quantitative estimate of drug-likeness (QED) is 0.703. The Balaban J connectivity index is 2.63. The van der Waals surface area contributed by atoms with Crippen LogP contribution < -0.4 is 0 Å². The number of benzene rings is 1. The molecule has 1 unspecified atom stereocenters. The Labute approximate surface area is 161 Å². The lowest BCUT2D eigenvalue weighted by atomic mass is 9.80. The van der Waals surface area contributed by atoms with E-state index in [0.29, 0.717) is 17.8 Å². The van der Waals surface area contributed by atoms with E-state index in [1.54, 1.807) is 0 Å². The Hall–Kier alpha value is -2.56. The van der Waals surface area contributed by atoms with Crippen molar-refractivity contribution in [3.8, 4) is 0 Å². The predicted molar refractivity (Wildman–Crippen MR) is 105 cm³/mol. The topological polar surface area (TPSA) is 55.8 Å². The third kappa shape index (κ3) is 4.41. The van der Waals surface area contributed by atoms with Gasteiger partial charge in [0.1, 0.15) is 0 Å². The third-order valence-corrected chi connectivity index (χ3v) is 4.72. The number of carbonyl (C=O) groups is 2. The first kappa shape index (κ1) is 20.7. The van der Waals surface area contributed by atoms with E-state index in [9.17, 15) is 9.59 Å². The summed E-state index contributed by atoms with van der Waals surface area (Å²) in [5.74, 6) is -1.31. The molecule has 0 aromatic heterocycles. The number of hydrogen-bond donors (Lipinski definition) is 0. The van der Waals surface area contributed by atoms with E-state index in [4.69, 9.17) is 9.47 Å². The van der Waals surface area contributed by atoms with Crippen molar-refractivity contribution in [2.45, 2.75) is 53.1 Å². The normalized spacial score (nSPS) is 17.4. The van der Waals surface area contributed by atoms with E-state index in [-0.39, 0.29) is 6.10 Å². The van der Waals surface area contributed by atoms with Gasteiger partial charge in [-0.25, -0.2) is 9.59 Å². The highest BCUT2D eigenvalue weighted by Crippen LogP contribution is 2.42. The van der Waals surface area contributed by atoms with E-state index >= 15 is 0 Å². The van der Waals surface area contributed by atoms with Crippen molar-refractivity contribution in [1.82, 2.24) is 4.90 Å². The fourth-order valence-electron chi connectivity index (χ4n) is 3.24. The van der Waals surface area contributed by atoms with Crippen LogP contribution in [0.5, 0.6) is 0 Å². The monoisotopic (exact) mass is 371 g/mol. The van der Waals surface area contributed by atoms with E-state index in [0.717, 1.165) is 23.4 Å². The molecule has 0 saturated carbocycles. The molecule has 1 aromatic carbocycles. The third-order valence-electron chi connectivity index (χ3n) is 4.72. The maximum Gasteiger partial charge on any atom is 0.337 e. The lowest BCUT2D eigenvalue weighted by Crippen LogP contribution is -2.34. The summed E-state index contributed by atoms with van der Waals surface area (Å²) in [5.41, 5.74) is 3.39. The molecule has 2 rings (SSSR count). The smallest absolute Gasteiger partial charge is 0.337 e. The molecule has 0 aliphatic carbocycles. The molecule has 0 N–H and O–H groups in total. The van der Waals surface area contributed by atoms with Crippen LogP contribution in [0.15, 0.2) is 52.9 Å². The van der Waals surface area contributed by atoms with Crippen LogP contribution >= 0.6 is 0 Å². The van der Waals surface area contributed by atoms with Crippen molar-refractivity contribution >= 4 is 11.9 Å². The van der Waals surface area contributed by atoms with Crippen molar-refractivity contribution in [2.24, 2.45) is 0 Å². The Morgan fingerprint density at radius 1 is 1.04 bits per heavy atom. The van der Waals surface area contributed by atoms with Crippen LogP contribution in [0.1, 0.15) is 52.5 Å². The molecule has 0 spiro atoms. The fourth-order valence-corrected chi connectivity index (χ4v) is 3.24. The predicted octanol–water partition coefficient (Wildman–Crippen LogP) is 4.17. The van der Waals surface area contributed by atoms with Crippen molar-refractivity contribution in [1.29, 1.82) is 0 Å². The highest BCUT2D eigenvalue weighted by Gasteiger charge is 2.39. The first-order valence-electron chi connectivity index (χ1n) is 9.37. The van der Waals surface area contributed by atoms with Crippen molar-refractivity contribution in [3.63, 3.8) is 0 Å². The van der Waals surface area contributed by atoms with Gasteiger partial charge in [0, 0.05) is 18.4 Å². The van der Waals surface area contributed by atoms with E-state index < -0.39 is 17.9 Å². The maximum atomic E-state index is 13.0. The van der Waals surface area contributed by atoms with Gasteiger partial charge in [-0.1, -0.05) is 37.3 Å². The average molecular weight is 371 g/mol. The minimum Gasteiger partial charge on any atom is -0.462 e. The van der Waals surface area contributed by atoms with E-state index in [1.165, 1.54) is 0 Å². The fraction of sp³-hybridized carbons (Fsp3) is 0.455. The van der Waals surface area contributed by atoms with Crippen LogP contribution in [0.3, 0.4) is 0 Å². The Morgan fingerprint density at radius 2 is 1.59 bits per heavy atom. The zero-order valence-corrected chi connectivity index (χ0v) is 17.0. The molecule has 0 bridgehead atoms. The molecule has 1 atom stereocenters. The number of esters is 2. The molecular formula is C22H29NO4. The molecule has 146 valence electrons. The summed E-state index contributed by atoms with van der Waals surface area (Å²) in [6, 6.07) is 9.56. The second-order valence-corrected chi connectivity index (χ2v) is 6.99. The lowest BCUT2D eigenvalue weighted by Gasteiger charge is -2.36. The van der Waals surface area contributed by atoms with Crippen LogP contribution in [0.2, 0.25) is 0 Å². The molecule has 0 fully saturated rings. The van der Waals surface area contributed by atoms with Gasteiger partial charge >= 0.3 is 11.9 Å². The molecule has 5 heteroatoms. The number of rotatable bonds is 6. The van der Waals surface area contributed by atoms with Crippen LogP contribution in [0, 0.1) is 0 Å². The average Bonchev–Trinajstić information content (AvgIpc) is 2.63. The van der Waals surface area contributed by atoms with Crippen molar-refractivity contribution in [3.05, 3.63) is 58.4 Å². The molecule has 1 heterocycles. The van der Waals surface area contributed by atoms with Gasteiger partial charge < -0.3 is 14.4 Å². The summed E-state index contributed by atoms with van der Waals surface area (Å²) < 4.78 is 11.0. The van der Waals surface area contributed by atoms with Crippen LogP contribution in [0.25, 0.3) is 0 Å². The van der Waals surface area contributed by atoms with Gasteiger partial charge in [0.25, 0.3) is 0 Å². The summed E-state index contributed by atoms with van der Waals surface area (Å²) in [4.78, 5) is 27.7. The lowest BCUT2D eigenvalue weighted by molar-refractivity contribution is -0.143. The van der Waals surface area contributed by atoms with Gasteiger partial charge in [-0.2, -0.15) is 0 Å². The summed E-state index contributed by atoms with van der Waals surface area (Å²) in [6.07, 6.45) is 0.489. The number of ether oxygens (including phenoxy) is 2. The molecule has 0 saturated heterocycles. The minimum absolute atomic E-state index is 0.248. The highest BCUT2D eigenvalue weighted by molar-refractivity contribution is 5.99. The molecule has 0 amide bonds. The van der Waals surface area contributed by atoms with E-state index in [1.807, 2.05) is 76.9 Å². The molecule has 1 aliphatic rings. The number of nitrogens with zero attached hydrogens (tertiary/aromatic N) is 1. The minimum atomic E-state index is -0.516. The largest absolute Gasteiger partial charge is 0.462 e. The van der Waals surface area contributed by atoms with Gasteiger partial charge in [-0.05, 0) is 39.7 Å². The first-order chi connectivity index (χ1) is 12.8. The summed E-state index contributed by atoms with van der Waals surface area (Å²) in [7, 11) is 1.85. The Bertz CT molecular complexity index is 762. The number of allylic oxidation sites excluding steroid dienone is 2. The van der Waals surface area contributed by atoms with Gasteiger partial charge in [0.05, 0.1) is 29.8 Å². The number of hydrogen-bond acceptors (Lipinski definition) is 5. The molecule has 1 aromatic rings. The van der Waals surface area contributed by atoms with Gasteiger partial charge in [0.2, 0.25) is 0 Å². The number of carbonyl (C=O) groups excluding carboxylic acids is 2. The SMILES string of the molecule is CCCOC(=O)C1=C(C)N(C)C(C)=C(C(=O)OC(C)C)C1c1ccccc1. The molecule has 5 nitrogen and oxygen atoms in total. The zero-order chi connectivity index (χ0) is 20.1. The standard InChI is InChI=1S/C22H29NO4/c1-7-13-26-21(24)18-15(4)23(6)16(5)19(22(25)27-14(2)3)20(18)17-11-9-8-10-12-17/h8-12,14,20H,7,13H2,1-6H3. The summed E-state index contributed by atoms with van der Waals surface area (Å²) >= 11 is 0. The van der Waals surface area contributed by atoms with E-state index in [2.05, 4.69) is 0 Å². The Morgan fingerprint density at radius 3 is 2.11 bits per heavy atom. The highest BCUT2D eigenvalue weighted by atomic mass is 16.5. The van der Waals surface area contributed by atoms with Gasteiger partial charge in [-0.3, -0.25) is 0 Å². The van der Waals surface area contributed by atoms with Crippen LogP contribution in [0.4, 0.5) is 0 Å². The zero-order valence-electron chi connectivity index (χ0n) is 17.0. The van der Waals surface area contributed by atoms with Crippen molar-refractivity contribution in [2.75, 3.05) is 13.7 Å². The molecule has 1 aliphatic heterocycles.